The molecule has 0 saturated carbocycles. The molecule has 0 spiro atoms. The maximum absolute atomic E-state index is 13.3. The molecule has 0 aromatic carbocycles. The Bertz CT molecular complexity index is 677. The van der Waals surface area contributed by atoms with E-state index < -0.39 is 66.3 Å². The monoisotopic (exact) mass is 530 g/mol. The molecule has 0 heterocycles. The van der Waals surface area contributed by atoms with Gasteiger partial charge in [0.1, 0.15) is 6.10 Å². The van der Waals surface area contributed by atoms with E-state index in [1.807, 2.05) is 0 Å². The smallest absolute Gasteiger partial charge is 0.393 e. The highest BCUT2D eigenvalue weighted by Gasteiger charge is 2.96. The molecule has 32 heavy (non-hydrogen) atoms. The molecule has 0 fully saturated rings. The van der Waals surface area contributed by atoms with E-state index >= 15 is 0 Å². The summed E-state index contributed by atoms with van der Waals surface area (Å²) in [6.45, 7) is -2.70. The molecule has 0 saturated heterocycles. The first-order valence-electron chi connectivity index (χ1n) is 6.86. The summed E-state index contributed by atoms with van der Waals surface area (Å²) in [6.07, 6.45) is -12.4. The van der Waals surface area contributed by atoms with Gasteiger partial charge in [0.25, 0.3) is 0 Å². The molecule has 2 nitrogen and oxygen atoms in total. The first kappa shape index (κ1) is 30.6. The first-order valence-corrected chi connectivity index (χ1v) is 6.86. The third kappa shape index (κ3) is 3.52. The van der Waals surface area contributed by atoms with E-state index in [0.717, 1.165) is 0 Å². The lowest BCUT2D eigenvalue weighted by Gasteiger charge is -2.44. The van der Waals surface area contributed by atoms with Gasteiger partial charge >= 0.3 is 53.6 Å². The zero-order valence-electron chi connectivity index (χ0n) is 13.9. The molecule has 21 heteroatoms. The van der Waals surface area contributed by atoms with Gasteiger partial charge in [-0.2, -0.15) is 83.4 Å². The van der Waals surface area contributed by atoms with E-state index in [-0.39, 0.29) is 0 Å². The van der Waals surface area contributed by atoms with Crippen LogP contribution in [0, 0.1) is 0 Å². The summed E-state index contributed by atoms with van der Waals surface area (Å²) >= 11 is 0. The zero-order valence-corrected chi connectivity index (χ0v) is 13.9. The topological polar surface area (TPSA) is 40.5 Å². The molecule has 0 aliphatic heterocycles. The van der Waals surface area contributed by atoms with Crippen molar-refractivity contribution in [3.63, 3.8) is 0 Å². The summed E-state index contributed by atoms with van der Waals surface area (Å²) in [5, 5.41) is 16.3. The number of aliphatic hydroxyl groups is 2. The number of hydrogen-bond donors (Lipinski definition) is 2. The lowest BCUT2D eigenvalue weighted by Crippen LogP contribution is -2.76. The Morgan fingerprint density at radius 3 is 0.844 bits per heavy atom. The molecule has 0 bridgehead atoms. The van der Waals surface area contributed by atoms with Crippen molar-refractivity contribution >= 4 is 0 Å². The second-order valence-corrected chi connectivity index (χ2v) is 5.84. The van der Waals surface area contributed by atoms with Crippen molar-refractivity contribution in [2.75, 3.05) is 6.61 Å². The number of hydrogen-bond acceptors (Lipinski definition) is 2. The van der Waals surface area contributed by atoms with E-state index in [9.17, 15) is 83.4 Å². The zero-order chi connectivity index (χ0) is 26.8. The van der Waals surface area contributed by atoms with E-state index in [4.69, 9.17) is 10.2 Å². The van der Waals surface area contributed by atoms with Gasteiger partial charge in [0.15, 0.2) is 0 Å². The van der Waals surface area contributed by atoms with Gasteiger partial charge in [-0.05, 0) is 0 Å². The van der Waals surface area contributed by atoms with Crippen molar-refractivity contribution in [1.29, 1.82) is 0 Å². The third-order valence-electron chi connectivity index (χ3n) is 3.73. The molecule has 0 amide bonds. The molecule has 0 radical (unpaired) electrons. The Morgan fingerprint density at radius 2 is 0.625 bits per heavy atom. The van der Waals surface area contributed by atoms with Crippen molar-refractivity contribution in [3.8, 4) is 0 Å². The van der Waals surface area contributed by atoms with Gasteiger partial charge < -0.3 is 10.2 Å². The van der Waals surface area contributed by atoms with Crippen LogP contribution in [0.2, 0.25) is 0 Å². The van der Waals surface area contributed by atoms with Crippen LogP contribution in [0.15, 0.2) is 0 Å². The van der Waals surface area contributed by atoms with E-state index in [2.05, 4.69) is 0 Å². The number of alkyl halides is 19. The highest BCUT2D eigenvalue weighted by Crippen LogP contribution is 2.65. The Morgan fingerprint density at radius 1 is 0.406 bits per heavy atom. The van der Waals surface area contributed by atoms with Gasteiger partial charge in [-0.1, -0.05) is 0 Å². The van der Waals surface area contributed by atoms with Gasteiger partial charge in [-0.15, -0.1) is 0 Å². The van der Waals surface area contributed by atoms with Crippen LogP contribution in [0.3, 0.4) is 0 Å². The van der Waals surface area contributed by atoms with Crippen molar-refractivity contribution in [2.45, 2.75) is 59.7 Å². The lowest BCUT2D eigenvalue weighted by atomic mass is 9.86. The molecule has 0 aromatic heterocycles. The Kier molecular flexibility index (Phi) is 7.22. The molecular weight excluding hydrogens is 525 g/mol. The van der Waals surface area contributed by atoms with Crippen LogP contribution in [0.1, 0.15) is 0 Å². The molecule has 0 rings (SSSR count). The van der Waals surface area contributed by atoms with Gasteiger partial charge in [0, 0.05) is 0 Å². The highest BCUT2D eigenvalue weighted by atomic mass is 19.4. The normalized spacial score (nSPS) is 17.5. The Labute approximate surface area is 161 Å². The maximum Gasteiger partial charge on any atom is 0.460 e. The fourth-order valence-electron chi connectivity index (χ4n) is 1.70. The van der Waals surface area contributed by atoms with Crippen LogP contribution in [0.25, 0.3) is 0 Å². The minimum atomic E-state index is -9.01. The molecule has 0 aromatic rings. The Hall–Kier alpha value is -1.41. The molecule has 0 aliphatic carbocycles. The minimum Gasteiger partial charge on any atom is -0.393 e. The molecule has 1 atom stereocenters. The standard InChI is InChI=1S/C11H5F19O2/c12-3(13,2(32)1-31)4(14,15)5(16,17)6(18,19)7(20,21)8(22,23)9(24,25)10(26,27)11(28,29)30/h2,31-32H,1H2. The van der Waals surface area contributed by atoms with Gasteiger partial charge in [0.2, 0.25) is 0 Å². The molecule has 2 N–H and O–H groups in total. The van der Waals surface area contributed by atoms with Crippen LogP contribution in [-0.2, 0) is 0 Å². The van der Waals surface area contributed by atoms with Crippen molar-refractivity contribution < 1.29 is 93.6 Å². The van der Waals surface area contributed by atoms with E-state index in [0.29, 0.717) is 0 Å². The van der Waals surface area contributed by atoms with Crippen LogP contribution < -0.4 is 0 Å². The summed E-state index contributed by atoms with van der Waals surface area (Å²) in [5.41, 5.74) is 0. The minimum absolute atomic E-state index is 2.70. The molecule has 0 aliphatic rings. The van der Waals surface area contributed by atoms with Crippen LogP contribution in [0.5, 0.6) is 0 Å². The van der Waals surface area contributed by atoms with Crippen LogP contribution in [-0.4, -0.2) is 76.5 Å². The summed E-state index contributed by atoms with van der Waals surface area (Å²) in [5.74, 6) is -67.9. The summed E-state index contributed by atoms with van der Waals surface area (Å²) < 4.78 is 245. The van der Waals surface area contributed by atoms with Crippen molar-refractivity contribution in [3.05, 3.63) is 0 Å². The van der Waals surface area contributed by atoms with Crippen molar-refractivity contribution in [1.82, 2.24) is 0 Å². The SMILES string of the molecule is OCC(O)C(F)(F)C(F)(F)C(F)(F)C(F)(F)C(F)(F)C(F)(F)C(F)(F)C(F)(F)C(F)(F)F. The number of aliphatic hydroxyl groups excluding tert-OH is 2. The van der Waals surface area contributed by atoms with Crippen LogP contribution >= 0.6 is 0 Å². The quantitative estimate of drug-likeness (QED) is 0.413. The van der Waals surface area contributed by atoms with Gasteiger partial charge in [-0.25, -0.2) is 0 Å². The van der Waals surface area contributed by atoms with Crippen LogP contribution in [0.4, 0.5) is 83.4 Å². The summed E-state index contributed by atoms with van der Waals surface area (Å²) in [6, 6.07) is 0. The fourth-order valence-corrected chi connectivity index (χ4v) is 1.70. The average Bonchev–Trinajstić information content (AvgIpc) is 2.58. The number of rotatable bonds is 9. The average molecular weight is 530 g/mol. The Balaban J connectivity index is 6.92. The summed E-state index contributed by atoms with van der Waals surface area (Å²) in [4.78, 5) is 0. The molecule has 194 valence electrons. The second kappa shape index (κ2) is 7.55. The largest absolute Gasteiger partial charge is 0.460 e. The summed E-state index contributed by atoms with van der Waals surface area (Å²) in [7, 11) is 0. The molecular formula is C11H5F19O2. The maximum atomic E-state index is 13.3. The number of halogens is 19. The first-order chi connectivity index (χ1) is 13.5. The fraction of sp³-hybridized carbons (Fsp3) is 1.00. The van der Waals surface area contributed by atoms with E-state index in [1.165, 1.54) is 0 Å². The third-order valence-corrected chi connectivity index (χ3v) is 3.73. The van der Waals surface area contributed by atoms with Gasteiger partial charge in [0.05, 0.1) is 6.61 Å². The van der Waals surface area contributed by atoms with Crippen molar-refractivity contribution in [2.24, 2.45) is 0 Å². The molecule has 1 unspecified atom stereocenters. The predicted octanol–water partition coefficient (Wildman–Crippen LogP) is 4.98. The predicted molar refractivity (Wildman–Crippen MR) is 58.7 cm³/mol. The second-order valence-electron chi connectivity index (χ2n) is 5.84. The van der Waals surface area contributed by atoms with Gasteiger partial charge in [-0.3, -0.25) is 0 Å². The lowest BCUT2D eigenvalue weighted by molar-refractivity contribution is -0.470. The highest BCUT2D eigenvalue weighted by molar-refractivity contribution is 5.17. The van der Waals surface area contributed by atoms with E-state index in [1.54, 1.807) is 0 Å².